The summed E-state index contributed by atoms with van der Waals surface area (Å²) in [6.45, 7) is 2.50. The maximum atomic E-state index is 14.0. The van der Waals surface area contributed by atoms with Gasteiger partial charge in [0.1, 0.15) is 5.82 Å². The van der Waals surface area contributed by atoms with E-state index in [1.807, 2.05) is 0 Å². The SMILES string of the molecule is C1CCNCC1.Fc1ccc2[nH]ncc2c1-c1noc(C2CCC2)n1. The largest absolute Gasteiger partial charge is 0.339 e. The highest BCUT2D eigenvalue weighted by atomic mass is 19.1. The van der Waals surface area contributed by atoms with Crippen LogP contribution in [0.25, 0.3) is 22.3 Å². The molecule has 0 unspecified atom stereocenters. The summed E-state index contributed by atoms with van der Waals surface area (Å²) >= 11 is 0. The van der Waals surface area contributed by atoms with Gasteiger partial charge in [0.25, 0.3) is 0 Å². The van der Waals surface area contributed by atoms with Crippen LogP contribution in [0, 0.1) is 5.82 Å². The molecule has 1 aliphatic carbocycles. The molecule has 6 nitrogen and oxygen atoms in total. The molecule has 2 fully saturated rings. The van der Waals surface area contributed by atoms with Crippen LogP contribution in [0.15, 0.2) is 22.9 Å². The van der Waals surface area contributed by atoms with Gasteiger partial charge in [-0.2, -0.15) is 10.1 Å². The zero-order valence-electron chi connectivity index (χ0n) is 14.1. The Kier molecular flexibility index (Phi) is 4.74. The number of benzene rings is 1. The van der Waals surface area contributed by atoms with E-state index in [0.29, 0.717) is 28.6 Å². The fraction of sp³-hybridized carbons (Fsp3) is 0.500. The first-order chi connectivity index (χ1) is 12.3. The number of H-pyrrole nitrogens is 1. The van der Waals surface area contributed by atoms with Crippen LogP contribution in [0.3, 0.4) is 0 Å². The van der Waals surface area contributed by atoms with Crippen LogP contribution in [0.2, 0.25) is 0 Å². The van der Waals surface area contributed by atoms with Gasteiger partial charge in [0, 0.05) is 11.3 Å². The molecule has 1 aliphatic heterocycles. The van der Waals surface area contributed by atoms with E-state index in [1.165, 1.54) is 44.8 Å². The monoisotopic (exact) mass is 343 g/mol. The molecule has 0 atom stereocenters. The van der Waals surface area contributed by atoms with Crippen LogP contribution in [-0.2, 0) is 0 Å². The molecule has 0 bridgehead atoms. The summed E-state index contributed by atoms with van der Waals surface area (Å²) in [5, 5.41) is 14.6. The van der Waals surface area contributed by atoms with Gasteiger partial charge >= 0.3 is 0 Å². The highest BCUT2D eigenvalue weighted by Crippen LogP contribution is 2.37. The third kappa shape index (κ3) is 3.42. The summed E-state index contributed by atoms with van der Waals surface area (Å²) in [4.78, 5) is 4.33. The predicted octanol–water partition coefficient (Wildman–Crippen LogP) is 3.78. The fourth-order valence-electron chi connectivity index (χ4n) is 3.18. The molecule has 5 rings (SSSR count). The lowest BCUT2D eigenvalue weighted by atomic mass is 9.85. The number of aromatic amines is 1. The van der Waals surface area contributed by atoms with Gasteiger partial charge in [0.05, 0.1) is 17.3 Å². The van der Waals surface area contributed by atoms with E-state index >= 15 is 0 Å². The summed E-state index contributed by atoms with van der Waals surface area (Å²) < 4.78 is 19.3. The van der Waals surface area contributed by atoms with Crippen molar-refractivity contribution in [2.75, 3.05) is 13.1 Å². The molecule has 0 spiro atoms. The van der Waals surface area contributed by atoms with Gasteiger partial charge in [-0.25, -0.2) is 4.39 Å². The molecule has 25 heavy (non-hydrogen) atoms. The minimum absolute atomic E-state index is 0.298. The van der Waals surface area contributed by atoms with Gasteiger partial charge in [0.15, 0.2) is 0 Å². The number of hydrogen-bond acceptors (Lipinski definition) is 5. The van der Waals surface area contributed by atoms with Crippen molar-refractivity contribution in [1.29, 1.82) is 0 Å². The molecule has 2 N–H and O–H groups in total. The van der Waals surface area contributed by atoms with Crippen LogP contribution < -0.4 is 5.32 Å². The first kappa shape index (κ1) is 16.2. The summed E-state index contributed by atoms with van der Waals surface area (Å²) in [7, 11) is 0. The maximum Gasteiger partial charge on any atom is 0.230 e. The Labute approximate surface area is 145 Å². The Morgan fingerprint density at radius 2 is 1.92 bits per heavy atom. The van der Waals surface area contributed by atoms with Crippen LogP contribution in [0.5, 0.6) is 0 Å². The summed E-state index contributed by atoms with van der Waals surface area (Å²) in [5.41, 5.74) is 1.10. The number of fused-ring (bicyclic) bond motifs is 1. The molecule has 0 radical (unpaired) electrons. The van der Waals surface area contributed by atoms with Crippen molar-refractivity contribution in [2.45, 2.75) is 44.4 Å². The van der Waals surface area contributed by atoms with Crippen LogP contribution in [-0.4, -0.2) is 33.4 Å². The van der Waals surface area contributed by atoms with Gasteiger partial charge in [-0.15, -0.1) is 0 Å². The smallest absolute Gasteiger partial charge is 0.230 e. The lowest BCUT2D eigenvalue weighted by Crippen LogP contribution is -2.21. The molecule has 0 amide bonds. The minimum atomic E-state index is -0.366. The Bertz CT molecular complexity index is 823. The molecule has 1 saturated carbocycles. The molecule has 3 aromatic rings. The second-order valence-corrected chi connectivity index (χ2v) is 6.65. The van der Waals surface area contributed by atoms with E-state index in [4.69, 9.17) is 4.52 Å². The van der Waals surface area contributed by atoms with Crippen molar-refractivity contribution in [3.05, 3.63) is 30.0 Å². The van der Waals surface area contributed by atoms with Gasteiger partial charge in [-0.05, 0) is 50.9 Å². The van der Waals surface area contributed by atoms with Crippen molar-refractivity contribution in [3.8, 4) is 11.4 Å². The van der Waals surface area contributed by atoms with Crippen LogP contribution >= 0.6 is 0 Å². The molecule has 2 aromatic heterocycles. The standard InChI is InChI=1S/C13H11FN4O.C5H11N/c14-9-4-5-10-8(6-15-17-10)11(9)12-16-13(19-18-12)7-2-1-3-7;1-2-4-6-5-3-1/h4-7H,1-3H2,(H,15,17);6H,1-5H2. The Morgan fingerprint density at radius 1 is 1.08 bits per heavy atom. The molecule has 132 valence electrons. The molecule has 7 heteroatoms. The lowest BCUT2D eigenvalue weighted by Gasteiger charge is -2.20. The van der Waals surface area contributed by atoms with Gasteiger partial charge in [0.2, 0.25) is 11.7 Å². The van der Waals surface area contributed by atoms with Crippen molar-refractivity contribution in [1.82, 2.24) is 25.7 Å². The van der Waals surface area contributed by atoms with Crippen LogP contribution in [0.4, 0.5) is 4.39 Å². The molecule has 1 aromatic carbocycles. The third-order valence-electron chi connectivity index (χ3n) is 4.90. The summed E-state index contributed by atoms with van der Waals surface area (Å²) in [6.07, 6.45) is 9.12. The average Bonchev–Trinajstić information content (AvgIpc) is 3.25. The molecule has 1 saturated heterocycles. The van der Waals surface area contributed by atoms with Gasteiger partial charge in [-0.1, -0.05) is 18.0 Å². The van der Waals surface area contributed by atoms with E-state index in [9.17, 15) is 4.39 Å². The van der Waals surface area contributed by atoms with E-state index in [-0.39, 0.29) is 5.82 Å². The first-order valence-electron chi connectivity index (χ1n) is 8.99. The highest BCUT2D eigenvalue weighted by molar-refractivity contribution is 5.92. The quantitative estimate of drug-likeness (QED) is 0.740. The zero-order valence-corrected chi connectivity index (χ0v) is 14.1. The molecule has 3 heterocycles. The van der Waals surface area contributed by atoms with Gasteiger partial charge in [-0.3, -0.25) is 5.10 Å². The Morgan fingerprint density at radius 3 is 2.56 bits per heavy atom. The van der Waals surface area contributed by atoms with Crippen molar-refractivity contribution < 1.29 is 8.91 Å². The number of halogens is 1. The number of nitrogens with zero attached hydrogens (tertiary/aromatic N) is 3. The average molecular weight is 343 g/mol. The topological polar surface area (TPSA) is 79.6 Å². The zero-order chi connectivity index (χ0) is 17.1. The fourth-order valence-corrected chi connectivity index (χ4v) is 3.18. The second kappa shape index (κ2) is 7.31. The third-order valence-corrected chi connectivity index (χ3v) is 4.90. The van der Waals surface area contributed by atoms with Crippen molar-refractivity contribution >= 4 is 10.9 Å². The Hall–Kier alpha value is -2.28. The number of rotatable bonds is 2. The Balaban J connectivity index is 0.000000223. The maximum absolute atomic E-state index is 14.0. The summed E-state index contributed by atoms with van der Waals surface area (Å²) in [5.74, 6) is 0.885. The minimum Gasteiger partial charge on any atom is -0.339 e. The number of nitrogens with one attached hydrogen (secondary N) is 2. The van der Waals surface area contributed by atoms with Crippen molar-refractivity contribution in [3.63, 3.8) is 0 Å². The van der Waals surface area contributed by atoms with E-state index in [2.05, 4.69) is 25.7 Å². The van der Waals surface area contributed by atoms with E-state index < -0.39 is 0 Å². The molecular formula is C18H22FN5O. The normalized spacial score (nSPS) is 17.8. The lowest BCUT2D eigenvalue weighted by molar-refractivity contribution is 0.292. The molecule has 2 aliphatic rings. The second-order valence-electron chi connectivity index (χ2n) is 6.65. The number of aromatic nitrogens is 4. The number of hydrogen-bond donors (Lipinski definition) is 2. The molecular weight excluding hydrogens is 321 g/mol. The number of piperidine rings is 1. The van der Waals surface area contributed by atoms with Gasteiger partial charge < -0.3 is 9.84 Å². The predicted molar refractivity (Wildman–Crippen MR) is 92.7 cm³/mol. The highest BCUT2D eigenvalue weighted by Gasteiger charge is 2.26. The summed E-state index contributed by atoms with van der Waals surface area (Å²) in [6, 6.07) is 3.03. The van der Waals surface area contributed by atoms with E-state index in [1.54, 1.807) is 12.3 Å². The first-order valence-corrected chi connectivity index (χ1v) is 8.99. The van der Waals surface area contributed by atoms with Crippen molar-refractivity contribution in [2.24, 2.45) is 0 Å². The van der Waals surface area contributed by atoms with E-state index in [0.717, 1.165) is 18.4 Å². The van der Waals surface area contributed by atoms with Crippen LogP contribution in [0.1, 0.15) is 50.3 Å².